The van der Waals surface area contributed by atoms with Crippen molar-refractivity contribution in [2.24, 2.45) is 7.05 Å². The van der Waals surface area contributed by atoms with Crippen LogP contribution in [0.2, 0.25) is 0 Å². The number of phenols is 1. The second-order valence-electron chi connectivity index (χ2n) is 8.10. The first-order valence-corrected chi connectivity index (χ1v) is 10.6. The maximum absolute atomic E-state index is 10.7. The molecule has 0 radical (unpaired) electrons. The minimum Gasteiger partial charge on any atom is -0.507 e. The van der Waals surface area contributed by atoms with Gasteiger partial charge in [0.1, 0.15) is 11.6 Å². The maximum atomic E-state index is 10.7. The summed E-state index contributed by atoms with van der Waals surface area (Å²) in [7, 11) is 1.88. The van der Waals surface area contributed by atoms with E-state index >= 15 is 0 Å². The Bertz CT molecular complexity index is 1230. The molecule has 0 spiro atoms. The van der Waals surface area contributed by atoms with Gasteiger partial charge in [-0.1, -0.05) is 0 Å². The van der Waals surface area contributed by atoms with Crippen LogP contribution in [-0.2, 0) is 7.05 Å². The summed E-state index contributed by atoms with van der Waals surface area (Å²) in [5.74, 6) is 1.25. The molecule has 1 aliphatic carbocycles. The number of aromatic hydroxyl groups is 1. The molecule has 1 aliphatic heterocycles. The van der Waals surface area contributed by atoms with E-state index in [1.165, 1.54) is 25.7 Å². The molecule has 7 heteroatoms. The molecular formula is C24H26N5NaO. The van der Waals surface area contributed by atoms with Crippen LogP contribution in [0, 0.1) is 13.3 Å². The van der Waals surface area contributed by atoms with Crippen LogP contribution >= 0.6 is 0 Å². The van der Waals surface area contributed by atoms with E-state index in [2.05, 4.69) is 16.4 Å². The molecule has 4 heterocycles. The first-order chi connectivity index (χ1) is 14.6. The Morgan fingerprint density at radius 2 is 1.68 bits per heavy atom. The Morgan fingerprint density at radius 1 is 1.00 bits per heavy atom. The van der Waals surface area contributed by atoms with Crippen LogP contribution in [0.1, 0.15) is 31.2 Å². The molecule has 31 heavy (non-hydrogen) atoms. The van der Waals surface area contributed by atoms with Crippen molar-refractivity contribution < 1.29 is 34.7 Å². The smallest absolute Gasteiger partial charge is 0.507 e. The fourth-order valence-corrected chi connectivity index (χ4v) is 3.91. The van der Waals surface area contributed by atoms with E-state index in [0.29, 0.717) is 0 Å². The third kappa shape index (κ3) is 4.56. The first-order valence-electron chi connectivity index (χ1n) is 10.6. The quantitative estimate of drug-likeness (QED) is 0.393. The van der Waals surface area contributed by atoms with Crippen LogP contribution in [-0.4, -0.2) is 37.9 Å². The number of pyridine rings is 2. The van der Waals surface area contributed by atoms with Crippen molar-refractivity contribution in [1.82, 2.24) is 19.7 Å². The van der Waals surface area contributed by atoms with Gasteiger partial charge < -0.3 is 16.4 Å². The van der Waals surface area contributed by atoms with Gasteiger partial charge in [-0.05, 0) is 50.1 Å². The number of nitrogens with zero attached hydrogens (tertiary/aromatic N) is 5. The van der Waals surface area contributed by atoms with Crippen LogP contribution in [0.4, 0.5) is 5.82 Å². The van der Waals surface area contributed by atoms with Gasteiger partial charge in [0, 0.05) is 42.8 Å². The van der Waals surface area contributed by atoms with E-state index in [0.717, 1.165) is 57.7 Å². The predicted octanol–water partition coefficient (Wildman–Crippen LogP) is 1.79. The van der Waals surface area contributed by atoms with E-state index < -0.39 is 0 Å². The molecule has 1 saturated carbocycles. The minimum absolute atomic E-state index is 0. The van der Waals surface area contributed by atoms with Gasteiger partial charge >= 0.3 is 29.6 Å². The summed E-state index contributed by atoms with van der Waals surface area (Å²) >= 11 is 0. The van der Waals surface area contributed by atoms with Gasteiger partial charge in [0.2, 0.25) is 0 Å². The topological polar surface area (TPSA) is 67.1 Å². The van der Waals surface area contributed by atoms with Gasteiger partial charge in [-0.25, -0.2) is 22.8 Å². The predicted molar refractivity (Wildman–Crippen MR) is 121 cm³/mol. The SMILES string of the molecule is Cc1c(O)c(-c2ccc3nc(N4CCCC4)ccc3n2)cc2cn(C)nc12.[CH-]1CC1.[Na+]. The monoisotopic (exact) mass is 423 g/mol. The molecule has 0 bridgehead atoms. The molecule has 1 N–H and O–H groups in total. The summed E-state index contributed by atoms with van der Waals surface area (Å²) in [5.41, 5.74) is 4.76. The van der Waals surface area contributed by atoms with E-state index in [-0.39, 0.29) is 35.3 Å². The van der Waals surface area contributed by atoms with Crippen molar-refractivity contribution in [1.29, 1.82) is 0 Å². The molecule has 2 aliphatic rings. The molecule has 0 atom stereocenters. The number of aryl methyl sites for hydroxylation is 2. The summed E-state index contributed by atoms with van der Waals surface area (Å²) in [6.07, 6.45) is 9.41. The molecule has 0 amide bonds. The van der Waals surface area contributed by atoms with Crippen molar-refractivity contribution in [2.45, 2.75) is 32.6 Å². The average molecular weight is 423 g/mol. The third-order valence-corrected chi connectivity index (χ3v) is 5.64. The number of fused-ring (bicyclic) bond motifs is 2. The minimum atomic E-state index is 0. The molecule has 1 saturated heterocycles. The van der Waals surface area contributed by atoms with E-state index in [1.807, 2.05) is 50.5 Å². The zero-order chi connectivity index (χ0) is 20.7. The molecule has 1 aromatic carbocycles. The van der Waals surface area contributed by atoms with Crippen LogP contribution in [0.15, 0.2) is 36.5 Å². The summed E-state index contributed by atoms with van der Waals surface area (Å²) in [5, 5.41) is 16.1. The number of hydrogen-bond donors (Lipinski definition) is 1. The molecular weight excluding hydrogens is 397 g/mol. The maximum Gasteiger partial charge on any atom is 1.00 e. The summed E-state index contributed by atoms with van der Waals surface area (Å²) in [4.78, 5) is 11.9. The number of hydrogen-bond acceptors (Lipinski definition) is 5. The van der Waals surface area contributed by atoms with Gasteiger partial charge in [0.15, 0.2) is 0 Å². The number of phenolic OH excluding ortho intramolecular Hbond substituents is 1. The molecule has 154 valence electrons. The van der Waals surface area contributed by atoms with Gasteiger partial charge in [-0.15, -0.1) is 0 Å². The number of rotatable bonds is 2. The van der Waals surface area contributed by atoms with Crippen LogP contribution in [0.5, 0.6) is 5.75 Å². The van der Waals surface area contributed by atoms with Crippen molar-refractivity contribution in [2.75, 3.05) is 18.0 Å². The van der Waals surface area contributed by atoms with Crippen molar-refractivity contribution in [3.8, 4) is 17.0 Å². The van der Waals surface area contributed by atoms with Gasteiger partial charge in [0.25, 0.3) is 0 Å². The molecule has 6 rings (SSSR count). The van der Waals surface area contributed by atoms with E-state index in [1.54, 1.807) is 4.68 Å². The Labute approximate surface area is 204 Å². The van der Waals surface area contributed by atoms with Crippen molar-refractivity contribution in [3.05, 3.63) is 48.5 Å². The van der Waals surface area contributed by atoms with E-state index in [9.17, 15) is 5.11 Å². The zero-order valence-corrected chi connectivity index (χ0v) is 20.5. The Kier molecular flexibility index (Phi) is 6.51. The summed E-state index contributed by atoms with van der Waals surface area (Å²) < 4.78 is 1.76. The normalized spacial score (nSPS) is 15.0. The second kappa shape index (κ2) is 9.15. The molecule has 0 unspecified atom stereocenters. The van der Waals surface area contributed by atoms with Crippen LogP contribution in [0.3, 0.4) is 0 Å². The second-order valence-corrected chi connectivity index (χ2v) is 8.10. The Balaban J connectivity index is 0.000000534. The zero-order valence-electron chi connectivity index (χ0n) is 18.5. The third-order valence-electron chi connectivity index (χ3n) is 5.64. The van der Waals surface area contributed by atoms with Crippen LogP contribution < -0.4 is 34.5 Å². The van der Waals surface area contributed by atoms with Crippen LogP contribution in [0.25, 0.3) is 33.2 Å². The van der Waals surface area contributed by atoms with Gasteiger partial charge in [-0.3, -0.25) is 4.68 Å². The first kappa shape index (κ1) is 22.1. The van der Waals surface area contributed by atoms with Gasteiger partial charge in [0.05, 0.1) is 22.2 Å². The number of aromatic nitrogens is 4. The molecule has 4 aromatic rings. The Morgan fingerprint density at radius 3 is 2.39 bits per heavy atom. The number of anilines is 1. The largest absolute Gasteiger partial charge is 1.00 e. The average Bonchev–Trinajstić information content (AvgIpc) is 3.44. The van der Waals surface area contributed by atoms with Gasteiger partial charge in [-0.2, -0.15) is 5.10 Å². The fraction of sp³-hybridized carbons (Fsp3) is 0.333. The Hall–Kier alpha value is -2.15. The molecule has 6 nitrogen and oxygen atoms in total. The standard InChI is InChI=1S/C21H21N5O.C3H5.Na/c1-13-20-14(12-25(2)24-20)11-15(21(13)27)16-5-6-18-17(22-16)7-8-19(23-18)26-9-3-4-10-26;1-2-3-1;/h5-8,11-12,27H,3-4,9-10H2,1-2H3;1H,2-3H2;/q;-1;+1. The van der Waals surface area contributed by atoms with E-state index in [4.69, 9.17) is 9.97 Å². The van der Waals surface area contributed by atoms with Crippen molar-refractivity contribution >= 4 is 27.8 Å². The molecule has 2 fully saturated rings. The van der Waals surface area contributed by atoms with Crippen molar-refractivity contribution in [3.63, 3.8) is 0 Å². The molecule has 3 aromatic heterocycles. The number of benzene rings is 1. The fourth-order valence-electron chi connectivity index (χ4n) is 3.91. The summed E-state index contributed by atoms with van der Waals surface area (Å²) in [6.45, 7) is 4.03. The summed E-state index contributed by atoms with van der Waals surface area (Å²) in [6, 6.07) is 9.93.